The van der Waals surface area contributed by atoms with E-state index < -0.39 is 0 Å². The van der Waals surface area contributed by atoms with Crippen LogP contribution in [-0.4, -0.2) is 30.4 Å². The highest BCUT2D eigenvalue weighted by atomic mass is 35.5. The summed E-state index contributed by atoms with van der Waals surface area (Å²) in [7, 11) is 1.84. The molecule has 1 amide bonds. The van der Waals surface area contributed by atoms with E-state index in [4.69, 9.17) is 23.2 Å². The van der Waals surface area contributed by atoms with Gasteiger partial charge in [0.2, 0.25) is 5.91 Å². The van der Waals surface area contributed by atoms with Crippen LogP contribution in [0, 0.1) is 0 Å². The van der Waals surface area contributed by atoms with Gasteiger partial charge in [0.15, 0.2) is 0 Å². The highest BCUT2D eigenvalue weighted by Crippen LogP contribution is 2.27. The molecule has 5 heteroatoms. The first-order valence-electron chi connectivity index (χ1n) is 5.52. The van der Waals surface area contributed by atoms with Crippen molar-refractivity contribution >= 4 is 34.8 Å². The normalized spacial score (nSPS) is 14.5. The van der Waals surface area contributed by atoms with Crippen LogP contribution >= 0.6 is 23.2 Å². The molecular formula is C12H14Cl2N2O. The molecule has 0 aromatic heterocycles. The lowest BCUT2D eigenvalue weighted by molar-refractivity contribution is -0.128. The van der Waals surface area contributed by atoms with Crippen LogP contribution in [-0.2, 0) is 4.79 Å². The molecule has 0 atom stereocenters. The van der Waals surface area contributed by atoms with Crippen LogP contribution in [0.2, 0.25) is 10.0 Å². The molecule has 0 bridgehead atoms. The summed E-state index contributed by atoms with van der Waals surface area (Å²) in [6, 6.07) is 5.60. The average molecular weight is 273 g/mol. The number of nitrogens with zero attached hydrogens (tertiary/aromatic N) is 1. The van der Waals surface area contributed by atoms with Gasteiger partial charge in [0.25, 0.3) is 0 Å². The van der Waals surface area contributed by atoms with Gasteiger partial charge >= 0.3 is 0 Å². The molecule has 92 valence electrons. The minimum absolute atomic E-state index is 0.0820. The molecule has 1 saturated carbocycles. The Balaban J connectivity index is 1.90. The molecule has 0 unspecified atom stereocenters. The molecular weight excluding hydrogens is 259 g/mol. The molecule has 1 aromatic rings. The summed E-state index contributed by atoms with van der Waals surface area (Å²) in [4.78, 5) is 13.6. The van der Waals surface area contributed by atoms with Crippen LogP contribution in [0.1, 0.15) is 12.8 Å². The zero-order chi connectivity index (χ0) is 12.4. The number of nitrogens with one attached hydrogen (secondary N) is 1. The van der Waals surface area contributed by atoms with Crippen LogP contribution in [0.4, 0.5) is 5.69 Å². The summed E-state index contributed by atoms with van der Waals surface area (Å²) < 4.78 is 0. The summed E-state index contributed by atoms with van der Waals surface area (Å²) in [5.74, 6) is 0.0820. The summed E-state index contributed by atoms with van der Waals surface area (Å²) in [5, 5.41) is 4.13. The third-order valence-electron chi connectivity index (χ3n) is 2.85. The van der Waals surface area contributed by atoms with E-state index in [0.29, 0.717) is 16.1 Å². The van der Waals surface area contributed by atoms with Crippen LogP contribution in [0.5, 0.6) is 0 Å². The van der Waals surface area contributed by atoms with E-state index in [1.54, 1.807) is 23.1 Å². The van der Waals surface area contributed by atoms with Crippen molar-refractivity contribution in [1.82, 2.24) is 4.90 Å². The van der Waals surface area contributed by atoms with Crippen molar-refractivity contribution in [1.29, 1.82) is 0 Å². The topological polar surface area (TPSA) is 32.3 Å². The Morgan fingerprint density at radius 1 is 1.47 bits per heavy atom. The quantitative estimate of drug-likeness (QED) is 0.914. The Bertz CT molecular complexity index is 433. The Kier molecular flexibility index (Phi) is 3.79. The Morgan fingerprint density at radius 3 is 2.76 bits per heavy atom. The molecule has 0 saturated heterocycles. The lowest BCUT2D eigenvalue weighted by Crippen LogP contribution is -2.33. The Morgan fingerprint density at radius 2 is 2.18 bits per heavy atom. The van der Waals surface area contributed by atoms with Gasteiger partial charge in [-0.3, -0.25) is 4.79 Å². The zero-order valence-corrected chi connectivity index (χ0v) is 11.1. The average Bonchev–Trinajstić information content (AvgIpc) is 3.10. The fourth-order valence-corrected chi connectivity index (χ4v) is 2.07. The lowest BCUT2D eigenvalue weighted by atomic mass is 10.3. The molecule has 0 spiro atoms. The molecule has 2 rings (SSSR count). The van der Waals surface area contributed by atoms with Crippen molar-refractivity contribution in [3.63, 3.8) is 0 Å². The van der Waals surface area contributed by atoms with Gasteiger partial charge < -0.3 is 10.2 Å². The van der Waals surface area contributed by atoms with Crippen molar-refractivity contribution in [2.24, 2.45) is 0 Å². The number of likely N-dealkylation sites (N-methyl/N-ethyl adjacent to an activating group) is 1. The van der Waals surface area contributed by atoms with Crippen LogP contribution in [0.25, 0.3) is 0 Å². The van der Waals surface area contributed by atoms with E-state index in [1.807, 2.05) is 7.05 Å². The predicted molar refractivity (Wildman–Crippen MR) is 70.7 cm³/mol. The van der Waals surface area contributed by atoms with E-state index in [0.717, 1.165) is 18.5 Å². The number of amides is 1. The van der Waals surface area contributed by atoms with Crippen LogP contribution < -0.4 is 5.32 Å². The molecule has 0 radical (unpaired) electrons. The summed E-state index contributed by atoms with van der Waals surface area (Å²) >= 11 is 11.8. The van der Waals surface area contributed by atoms with Crippen molar-refractivity contribution in [2.45, 2.75) is 18.9 Å². The molecule has 1 aromatic carbocycles. The largest absolute Gasteiger partial charge is 0.375 e. The lowest BCUT2D eigenvalue weighted by Gasteiger charge is -2.17. The van der Waals surface area contributed by atoms with Gasteiger partial charge in [-0.05, 0) is 31.0 Å². The van der Waals surface area contributed by atoms with E-state index in [2.05, 4.69) is 5.32 Å². The number of rotatable bonds is 4. The van der Waals surface area contributed by atoms with Crippen molar-refractivity contribution in [2.75, 3.05) is 18.9 Å². The molecule has 1 fully saturated rings. The van der Waals surface area contributed by atoms with Crippen molar-refractivity contribution in [3.05, 3.63) is 28.2 Å². The van der Waals surface area contributed by atoms with E-state index in [-0.39, 0.29) is 12.5 Å². The maximum absolute atomic E-state index is 11.8. The molecule has 17 heavy (non-hydrogen) atoms. The second-order valence-corrected chi connectivity index (χ2v) is 5.06. The first-order chi connectivity index (χ1) is 8.08. The van der Waals surface area contributed by atoms with Crippen molar-refractivity contribution in [3.8, 4) is 0 Å². The number of hydrogen-bond acceptors (Lipinski definition) is 2. The molecule has 1 aliphatic carbocycles. The SMILES string of the molecule is CN(C(=O)CNc1ccc(Cl)cc1Cl)C1CC1. The van der Waals surface area contributed by atoms with Gasteiger partial charge in [0.1, 0.15) is 0 Å². The molecule has 1 aliphatic rings. The highest BCUT2D eigenvalue weighted by molar-refractivity contribution is 6.36. The van der Waals surface area contributed by atoms with Gasteiger partial charge in [-0.25, -0.2) is 0 Å². The molecule has 0 heterocycles. The number of carbonyl (C=O) groups excluding carboxylic acids is 1. The van der Waals surface area contributed by atoms with Gasteiger partial charge in [0, 0.05) is 18.1 Å². The molecule has 3 nitrogen and oxygen atoms in total. The number of benzene rings is 1. The predicted octanol–water partition coefficient (Wildman–Crippen LogP) is 3.03. The van der Waals surface area contributed by atoms with E-state index in [9.17, 15) is 4.79 Å². The second kappa shape index (κ2) is 5.15. The van der Waals surface area contributed by atoms with E-state index >= 15 is 0 Å². The minimum atomic E-state index is 0.0820. The number of carbonyl (C=O) groups is 1. The number of halogens is 2. The maximum atomic E-state index is 11.8. The first kappa shape index (κ1) is 12.5. The summed E-state index contributed by atoms with van der Waals surface area (Å²) in [6.45, 7) is 0.258. The molecule has 1 N–H and O–H groups in total. The maximum Gasteiger partial charge on any atom is 0.241 e. The van der Waals surface area contributed by atoms with Crippen molar-refractivity contribution < 1.29 is 4.79 Å². The minimum Gasteiger partial charge on any atom is -0.375 e. The van der Waals surface area contributed by atoms with Crippen LogP contribution in [0.3, 0.4) is 0 Å². The first-order valence-corrected chi connectivity index (χ1v) is 6.28. The van der Waals surface area contributed by atoms with Gasteiger partial charge in [-0.15, -0.1) is 0 Å². The standard InChI is InChI=1S/C12H14Cl2N2O/c1-16(9-3-4-9)12(17)7-15-11-5-2-8(13)6-10(11)14/h2,5-6,9,15H,3-4,7H2,1H3. The summed E-state index contributed by atoms with van der Waals surface area (Å²) in [6.07, 6.45) is 2.23. The zero-order valence-electron chi connectivity index (χ0n) is 9.54. The van der Waals surface area contributed by atoms with Gasteiger partial charge in [0.05, 0.1) is 17.3 Å². The fourth-order valence-electron chi connectivity index (χ4n) is 1.59. The fraction of sp³-hybridized carbons (Fsp3) is 0.417. The third-order valence-corrected chi connectivity index (χ3v) is 3.40. The number of anilines is 1. The highest BCUT2D eigenvalue weighted by Gasteiger charge is 2.29. The third kappa shape index (κ3) is 3.27. The molecule has 0 aliphatic heterocycles. The Hall–Kier alpha value is -0.930. The van der Waals surface area contributed by atoms with Crippen LogP contribution in [0.15, 0.2) is 18.2 Å². The van der Waals surface area contributed by atoms with Gasteiger partial charge in [-0.1, -0.05) is 23.2 Å². The Labute approximate surface area is 111 Å². The monoisotopic (exact) mass is 272 g/mol. The number of hydrogen-bond donors (Lipinski definition) is 1. The second-order valence-electron chi connectivity index (χ2n) is 4.21. The van der Waals surface area contributed by atoms with Gasteiger partial charge in [-0.2, -0.15) is 0 Å². The van der Waals surface area contributed by atoms with E-state index in [1.165, 1.54) is 0 Å². The summed E-state index contributed by atoms with van der Waals surface area (Å²) in [5.41, 5.74) is 0.730. The smallest absolute Gasteiger partial charge is 0.241 e.